The number of carbonyl (C=O) groups is 2. The Morgan fingerprint density at radius 2 is 1.33 bits per heavy atom. The molecule has 2 unspecified atom stereocenters. The highest BCUT2D eigenvalue weighted by Gasteiger charge is 2.40. The second-order valence-electron chi connectivity index (χ2n) is 5.97. The Bertz CT molecular complexity index is 348. The van der Waals surface area contributed by atoms with E-state index in [2.05, 4.69) is 13.8 Å². The predicted molar refractivity (Wildman–Crippen MR) is 67.2 cm³/mol. The van der Waals surface area contributed by atoms with Crippen LogP contribution in [0.3, 0.4) is 0 Å². The summed E-state index contributed by atoms with van der Waals surface area (Å²) in [7, 11) is 0. The smallest absolute Gasteiger partial charge is 0.320 e. The number of urea groups is 1. The zero-order chi connectivity index (χ0) is 13.4. The van der Waals surface area contributed by atoms with E-state index in [4.69, 9.17) is 5.11 Å². The fraction of sp³-hybridized carbons (Fsp3) is 0.846. The molecule has 0 radical (unpaired) electrons. The molecule has 2 fully saturated rings. The van der Waals surface area contributed by atoms with Gasteiger partial charge in [0.2, 0.25) is 0 Å². The molecule has 0 saturated carbocycles. The fourth-order valence-corrected chi connectivity index (χ4v) is 2.93. The summed E-state index contributed by atoms with van der Waals surface area (Å²) >= 11 is 0. The maximum absolute atomic E-state index is 12.3. The Balaban J connectivity index is 1.97. The first-order valence-corrected chi connectivity index (χ1v) is 6.66. The molecule has 5 heteroatoms. The molecule has 2 saturated heterocycles. The highest BCUT2D eigenvalue weighted by molar-refractivity contribution is 5.78. The molecular formula is C13H22N2O3. The molecular weight excluding hydrogens is 232 g/mol. The van der Waals surface area contributed by atoms with Gasteiger partial charge in [-0.1, -0.05) is 20.8 Å². The zero-order valence-electron chi connectivity index (χ0n) is 11.3. The minimum Gasteiger partial charge on any atom is -0.481 e. The van der Waals surface area contributed by atoms with Gasteiger partial charge in [-0.25, -0.2) is 4.79 Å². The molecule has 0 aliphatic carbocycles. The van der Waals surface area contributed by atoms with E-state index in [1.165, 1.54) is 0 Å². The zero-order valence-corrected chi connectivity index (χ0v) is 11.3. The Labute approximate surface area is 108 Å². The second-order valence-corrected chi connectivity index (χ2v) is 5.97. The average molecular weight is 254 g/mol. The van der Waals surface area contributed by atoms with E-state index in [0.29, 0.717) is 24.9 Å². The fourth-order valence-electron chi connectivity index (χ4n) is 2.93. The van der Waals surface area contributed by atoms with Crippen LogP contribution < -0.4 is 0 Å². The number of rotatable bonds is 1. The van der Waals surface area contributed by atoms with Crippen LogP contribution in [0.25, 0.3) is 0 Å². The normalized spacial score (nSPS) is 36.2. The lowest BCUT2D eigenvalue weighted by Gasteiger charge is -2.24. The SMILES string of the molecule is CC1CN(C(=O)N2C[C@@H](C)[C@H](C(=O)O)C2)CC1C. The van der Waals surface area contributed by atoms with Crippen LogP contribution in [-0.2, 0) is 4.79 Å². The van der Waals surface area contributed by atoms with Crippen LogP contribution in [0.15, 0.2) is 0 Å². The number of nitrogens with zero attached hydrogens (tertiary/aromatic N) is 2. The van der Waals surface area contributed by atoms with E-state index < -0.39 is 11.9 Å². The summed E-state index contributed by atoms with van der Waals surface area (Å²) in [5, 5.41) is 9.08. The van der Waals surface area contributed by atoms with Crippen LogP contribution in [0, 0.1) is 23.7 Å². The first kappa shape index (κ1) is 13.2. The van der Waals surface area contributed by atoms with Crippen molar-refractivity contribution < 1.29 is 14.7 Å². The van der Waals surface area contributed by atoms with Crippen LogP contribution in [0.1, 0.15) is 20.8 Å². The molecule has 5 nitrogen and oxygen atoms in total. The van der Waals surface area contributed by atoms with Gasteiger partial charge in [0.05, 0.1) is 5.92 Å². The van der Waals surface area contributed by atoms with Crippen molar-refractivity contribution in [2.45, 2.75) is 20.8 Å². The first-order valence-electron chi connectivity index (χ1n) is 6.66. The first-order chi connectivity index (χ1) is 8.40. The molecule has 2 heterocycles. The van der Waals surface area contributed by atoms with E-state index in [1.807, 2.05) is 11.8 Å². The highest BCUT2D eigenvalue weighted by atomic mass is 16.4. The van der Waals surface area contributed by atoms with Crippen molar-refractivity contribution in [1.82, 2.24) is 9.80 Å². The van der Waals surface area contributed by atoms with E-state index >= 15 is 0 Å². The quantitative estimate of drug-likeness (QED) is 0.768. The topological polar surface area (TPSA) is 60.9 Å². The van der Waals surface area contributed by atoms with Crippen molar-refractivity contribution in [1.29, 1.82) is 0 Å². The third-order valence-electron chi connectivity index (χ3n) is 4.46. The van der Waals surface area contributed by atoms with Crippen molar-refractivity contribution in [3.8, 4) is 0 Å². The summed E-state index contributed by atoms with van der Waals surface area (Å²) < 4.78 is 0. The van der Waals surface area contributed by atoms with Crippen molar-refractivity contribution >= 4 is 12.0 Å². The minimum atomic E-state index is -0.791. The Morgan fingerprint density at radius 1 is 0.889 bits per heavy atom. The van der Waals surface area contributed by atoms with Gasteiger partial charge in [0, 0.05) is 26.2 Å². The maximum atomic E-state index is 12.3. The molecule has 4 atom stereocenters. The predicted octanol–water partition coefficient (Wildman–Crippen LogP) is 1.35. The van der Waals surface area contributed by atoms with E-state index in [-0.39, 0.29) is 11.9 Å². The van der Waals surface area contributed by atoms with Crippen LogP contribution >= 0.6 is 0 Å². The molecule has 0 spiro atoms. The Kier molecular flexibility index (Phi) is 3.50. The lowest BCUT2D eigenvalue weighted by Crippen LogP contribution is -2.41. The molecule has 2 amide bonds. The number of likely N-dealkylation sites (tertiary alicyclic amines) is 2. The molecule has 102 valence electrons. The third kappa shape index (κ3) is 2.31. The van der Waals surface area contributed by atoms with Gasteiger partial charge >= 0.3 is 12.0 Å². The Hall–Kier alpha value is -1.26. The van der Waals surface area contributed by atoms with Gasteiger partial charge in [-0.2, -0.15) is 0 Å². The van der Waals surface area contributed by atoms with E-state index in [1.54, 1.807) is 4.90 Å². The summed E-state index contributed by atoms with van der Waals surface area (Å²) in [4.78, 5) is 26.9. The number of carbonyl (C=O) groups excluding carboxylic acids is 1. The van der Waals surface area contributed by atoms with Crippen LogP contribution in [-0.4, -0.2) is 53.1 Å². The number of carboxylic acids is 1. The number of hydrogen-bond donors (Lipinski definition) is 1. The largest absolute Gasteiger partial charge is 0.481 e. The molecule has 0 bridgehead atoms. The number of aliphatic carboxylic acids is 1. The standard InChI is InChI=1S/C13H22N2O3/c1-8-4-14(5-9(8)2)13(18)15-6-10(3)11(7-15)12(16)17/h8-11H,4-7H2,1-3H3,(H,16,17)/t8?,9?,10-,11-/m1/s1. The van der Waals surface area contributed by atoms with Crippen molar-refractivity contribution in [3.05, 3.63) is 0 Å². The van der Waals surface area contributed by atoms with Gasteiger partial charge in [-0.3, -0.25) is 4.79 Å². The molecule has 2 aliphatic heterocycles. The third-order valence-corrected chi connectivity index (χ3v) is 4.46. The number of amides is 2. The van der Waals surface area contributed by atoms with E-state index in [9.17, 15) is 9.59 Å². The van der Waals surface area contributed by atoms with Crippen LogP contribution in [0.5, 0.6) is 0 Å². The van der Waals surface area contributed by atoms with Crippen molar-refractivity contribution in [2.24, 2.45) is 23.7 Å². The molecule has 0 aromatic rings. The molecule has 1 N–H and O–H groups in total. The molecule has 0 aromatic heterocycles. The molecule has 0 aromatic carbocycles. The monoisotopic (exact) mass is 254 g/mol. The minimum absolute atomic E-state index is 0.0156. The summed E-state index contributed by atoms with van der Waals surface area (Å²) in [6.07, 6.45) is 0. The summed E-state index contributed by atoms with van der Waals surface area (Å²) in [5.74, 6) is -0.0928. The lowest BCUT2D eigenvalue weighted by atomic mass is 9.99. The molecule has 2 aliphatic rings. The number of hydrogen-bond acceptors (Lipinski definition) is 2. The number of carboxylic acid groups (broad SMARTS) is 1. The summed E-state index contributed by atoms with van der Waals surface area (Å²) in [6, 6.07) is 0.0156. The van der Waals surface area contributed by atoms with Gasteiger partial charge < -0.3 is 14.9 Å². The maximum Gasteiger partial charge on any atom is 0.320 e. The van der Waals surface area contributed by atoms with Crippen LogP contribution in [0.2, 0.25) is 0 Å². The van der Waals surface area contributed by atoms with Gasteiger partial charge in [-0.05, 0) is 17.8 Å². The van der Waals surface area contributed by atoms with Crippen molar-refractivity contribution in [2.75, 3.05) is 26.2 Å². The second kappa shape index (κ2) is 4.78. The van der Waals surface area contributed by atoms with Gasteiger partial charge in [0.1, 0.15) is 0 Å². The van der Waals surface area contributed by atoms with Crippen LogP contribution in [0.4, 0.5) is 4.79 Å². The van der Waals surface area contributed by atoms with Gasteiger partial charge in [0.25, 0.3) is 0 Å². The summed E-state index contributed by atoms with van der Waals surface area (Å²) in [6.45, 7) is 8.73. The average Bonchev–Trinajstić information content (AvgIpc) is 2.82. The highest BCUT2D eigenvalue weighted by Crippen LogP contribution is 2.27. The van der Waals surface area contributed by atoms with Crippen molar-refractivity contribution in [3.63, 3.8) is 0 Å². The molecule has 18 heavy (non-hydrogen) atoms. The lowest BCUT2D eigenvalue weighted by molar-refractivity contribution is -0.142. The summed E-state index contributed by atoms with van der Waals surface area (Å²) in [5.41, 5.74) is 0. The van der Waals surface area contributed by atoms with Gasteiger partial charge in [-0.15, -0.1) is 0 Å². The van der Waals surface area contributed by atoms with E-state index in [0.717, 1.165) is 13.1 Å². The Morgan fingerprint density at radius 3 is 1.78 bits per heavy atom. The van der Waals surface area contributed by atoms with Gasteiger partial charge in [0.15, 0.2) is 0 Å². The molecule has 2 rings (SSSR count).